The van der Waals surface area contributed by atoms with Gasteiger partial charge in [-0.1, -0.05) is 35.9 Å². The Morgan fingerprint density at radius 1 is 1.23 bits per heavy atom. The van der Waals surface area contributed by atoms with Gasteiger partial charge in [-0.25, -0.2) is 0 Å². The van der Waals surface area contributed by atoms with Crippen molar-refractivity contribution in [3.63, 3.8) is 0 Å². The number of likely N-dealkylation sites (N-methyl/N-ethyl adjacent to an activating group) is 1. The van der Waals surface area contributed by atoms with E-state index in [-0.39, 0.29) is 23.0 Å². The molecule has 2 fully saturated rings. The van der Waals surface area contributed by atoms with E-state index in [4.69, 9.17) is 11.6 Å². The Labute approximate surface area is 158 Å². The lowest BCUT2D eigenvalue weighted by atomic mass is 9.61. The van der Waals surface area contributed by atoms with Gasteiger partial charge in [0.2, 0.25) is 0 Å². The number of phenols is 1. The molecule has 2 aliphatic rings. The van der Waals surface area contributed by atoms with E-state index in [0.717, 1.165) is 36.1 Å². The van der Waals surface area contributed by atoms with Crippen LogP contribution in [0.15, 0.2) is 54.1 Å². The number of hydrogen-bond acceptors (Lipinski definition) is 3. The van der Waals surface area contributed by atoms with Gasteiger partial charge < -0.3 is 5.11 Å². The molecule has 1 aliphatic heterocycles. The van der Waals surface area contributed by atoms with Crippen molar-refractivity contribution in [2.75, 3.05) is 13.6 Å². The third kappa shape index (κ3) is 3.06. The van der Waals surface area contributed by atoms with Crippen molar-refractivity contribution in [1.29, 1.82) is 0 Å². The summed E-state index contributed by atoms with van der Waals surface area (Å²) in [6, 6.07) is 15.1. The van der Waals surface area contributed by atoms with Gasteiger partial charge in [-0.15, -0.1) is 0 Å². The van der Waals surface area contributed by atoms with Crippen LogP contribution in [0.3, 0.4) is 0 Å². The molecule has 2 unspecified atom stereocenters. The molecule has 1 saturated heterocycles. The molecule has 134 valence electrons. The number of aromatic hydroxyl groups is 1. The maximum absolute atomic E-state index is 13.1. The number of carbonyl (C=O) groups is 1. The second-order valence-electron chi connectivity index (χ2n) is 7.53. The fourth-order valence-corrected chi connectivity index (χ4v) is 4.52. The Hall–Kier alpha value is -2.10. The molecule has 0 radical (unpaired) electrons. The van der Waals surface area contributed by atoms with Crippen LogP contribution >= 0.6 is 11.6 Å². The zero-order valence-electron chi connectivity index (χ0n) is 14.8. The number of ketones is 1. The summed E-state index contributed by atoms with van der Waals surface area (Å²) in [5, 5.41) is 10.6. The summed E-state index contributed by atoms with van der Waals surface area (Å²) in [6.07, 6.45) is 4.35. The number of phenolic OH excluding ortho intramolecular Hbond substituents is 1. The van der Waals surface area contributed by atoms with E-state index in [9.17, 15) is 9.90 Å². The average molecular weight is 368 g/mol. The monoisotopic (exact) mass is 367 g/mol. The Morgan fingerprint density at radius 2 is 2.00 bits per heavy atom. The van der Waals surface area contributed by atoms with Crippen LogP contribution in [0.1, 0.15) is 30.4 Å². The highest BCUT2D eigenvalue weighted by atomic mass is 35.5. The summed E-state index contributed by atoms with van der Waals surface area (Å²) in [7, 11) is 2.09. The first-order valence-electron chi connectivity index (χ1n) is 8.97. The number of fused-ring (bicyclic) bond motifs is 2. The van der Waals surface area contributed by atoms with Gasteiger partial charge in [0.25, 0.3) is 0 Å². The van der Waals surface area contributed by atoms with Crippen molar-refractivity contribution in [3.05, 3.63) is 70.3 Å². The van der Waals surface area contributed by atoms with Crippen LogP contribution in [0, 0.1) is 0 Å². The molecular formula is C22H22ClNO2. The van der Waals surface area contributed by atoms with Crippen molar-refractivity contribution >= 4 is 23.5 Å². The molecule has 0 spiro atoms. The van der Waals surface area contributed by atoms with Crippen LogP contribution in [0.25, 0.3) is 6.08 Å². The SMILES string of the molecule is CN1CCC2(c3cccc(O)c3)CC(=O)/C(=C/c3ccc(Cl)cc3)C1C2. The summed E-state index contributed by atoms with van der Waals surface area (Å²) in [5.74, 6) is 0.466. The van der Waals surface area contributed by atoms with Gasteiger partial charge in [-0.2, -0.15) is 0 Å². The number of carbonyl (C=O) groups excluding carboxylic acids is 1. The number of hydrogen-bond donors (Lipinski definition) is 1. The molecule has 1 saturated carbocycles. The Bertz CT molecular complexity index is 874. The van der Waals surface area contributed by atoms with Crippen molar-refractivity contribution in [2.24, 2.45) is 0 Å². The normalized spacial score (nSPS) is 27.7. The van der Waals surface area contributed by atoms with Crippen molar-refractivity contribution < 1.29 is 9.90 Å². The highest BCUT2D eigenvalue weighted by Gasteiger charge is 2.48. The number of likely N-dealkylation sites (tertiary alicyclic amines) is 1. The van der Waals surface area contributed by atoms with Crippen LogP contribution in [-0.4, -0.2) is 35.4 Å². The van der Waals surface area contributed by atoms with Gasteiger partial charge in [0.15, 0.2) is 5.78 Å². The number of rotatable bonds is 2. The van der Waals surface area contributed by atoms with Crippen molar-refractivity contribution in [3.8, 4) is 5.75 Å². The number of nitrogens with zero attached hydrogens (tertiary/aromatic N) is 1. The van der Waals surface area contributed by atoms with Gasteiger partial charge in [-0.3, -0.25) is 9.69 Å². The Kier molecular flexibility index (Phi) is 4.37. The summed E-state index contributed by atoms with van der Waals surface area (Å²) < 4.78 is 0. The number of halogens is 1. The first-order valence-corrected chi connectivity index (χ1v) is 9.35. The minimum absolute atomic E-state index is 0.100. The summed E-state index contributed by atoms with van der Waals surface area (Å²) in [6.45, 7) is 0.936. The maximum atomic E-state index is 13.1. The van der Waals surface area contributed by atoms with Gasteiger partial charge in [0, 0.05) is 28.5 Å². The molecule has 0 amide bonds. The molecule has 2 aromatic rings. The summed E-state index contributed by atoms with van der Waals surface area (Å²) in [5.41, 5.74) is 2.78. The molecule has 4 rings (SSSR count). The zero-order chi connectivity index (χ0) is 18.3. The van der Waals surface area contributed by atoms with E-state index in [1.54, 1.807) is 6.07 Å². The predicted octanol–water partition coefficient (Wildman–Crippen LogP) is 4.43. The molecular weight excluding hydrogens is 346 g/mol. The average Bonchev–Trinajstić information content (AvgIpc) is 2.63. The molecule has 4 heteroatoms. The zero-order valence-corrected chi connectivity index (χ0v) is 15.5. The van der Waals surface area contributed by atoms with Crippen LogP contribution < -0.4 is 0 Å². The summed E-state index contributed by atoms with van der Waals surface area (Å²) >= 11 is 5.97. The van der Waals surface area contributed by atoms with E-state index in [1.807, 2.05) is 48.5 Å². The van der Waals surface area contributed by atoms with E-state index >= 15 is 0 Å². The van der Waals surface area contributed by atoms with Gasteiger partial charge >= 0.3 is 0 Å². The fourth-order valence-electron chi connectivity index (χ4n) is 4.39. The molecule has 0 aromatic heterocycles. The standard InChI is InChI=1S/C22H22ClNO2/c1-24-10-9-22(16-3-2-4-18(25)12-16)13-20(24)19(21(26)14-22)11-15-5-7-17(23)8-6-15/h2-8,11-12,20,25H,9-10,13-14H2,1H3/b19-11+. The molecule has 1 aliphatic carbocycles. The van der Waals surface area contributed by atoms with Gasteiger partial charge in [-0.05, 0) is 67.9 Å². The minimum atomic E-state index is -0.176. The third-order valence-corrected chi connectivity index (χ3v) is 6.14. The first kappa shape index (κ1) is 17.3. The molecule has 3 nitrogen and oxygen atoms in total. The highest BCUT2D eigenvalue weighted by Crippen LogP contribution is 2.47. The fraction of sp³-hybridized carbons (Fsp3) is 0.318. The van der Waals surface area contributed by atoms with E-state index in [2.05, 4.69) is 11.9 Å². The topological polar surface area (TPSA) is 40.5 Å². The predicted molar refractivity (Wildman–Crippen MR) is 104 cm³/mol. The lowest BCUT2D eigenvalue weighted by molar-refractivity contribution is -0.120. The largest absolute Gasteiger partial charge is 0.508 e. The summed E-state index contributed by atoms with van der Waals surface area (Å²) in [4.78, 5) is 15.4. The minimum Gasteiger partial charge on any atom is -0.508 e. The second kappa shape index (κ2) is 6.57. The molecule has 2 aromatic carbocycles. The van der Waals surface area contributed by atoms with Crippen LogP contribution in [0.4, 0.5) is 0 Å². The van der Waals surface area contributed by atoms with Gasteiger partial charge in [0.1, 0.15) is 5.75 Å². The molecule has 1 N–H and O–H groups in total. The Morgan fingerprint density at radius 3 is 2.73 bits per heavy atom. The molecule has 26 heavy (non-hydrogen) atoms. The van der Waals surface area contributed by atoms with Crippen molar-refractivity contribution in [2.45, 2.75) is 30.7 Å². The maximum Gasteiger partial charge on any atom is 0.161 e. The number of Topliss-reactive ketones (excluding diaryl/α,β-unsaturated/α-hetero) is 1. The number of piperidine rings is 1. The van der Waals surface area contributed by atoms with Crippen LogP contribution in [0.2, 0.25) is 5.02 Å². The highest BCUT2D eigenvalue weighted by molar-refractivity contribution is 6.30. The van der Waals surface area contributed by atoms with Crippen LogP contribution in [-0.2, 0) is 10.2 Å². The molecule has 2 bridgehead atoms. The van der Waals surface area contributed by atoms with Crippen LogP contribution in [0.5, 0.6) is 5.75 Å². The van der Waals surface area contributed by atoms with E-state index in [0.29, 0.717) is 11.4 Å². The Balaban J connectivity index is 1.72. The number of benzene rings is 2. The van der Waals surface area contributed by atoms with E-state index in [1.165, 1.54) is 0 Å². The van der Waals surface area contributed by atoms with Crippen molar-refractivity contribution in [1.82, 2.24) is 4.90 Å². The lowest BCUT2D eigenvalue weighted by Gasteiger charge is -2.50. The lowest BCUT2D eigenvalue weighted by Crippen LogP contribution is -2.53. The third-order valence-electron chi connectivity index (χ3n) is 5.89. The molecule has 1 heterocycles. The second-order valence-corrected chi connectivity index (χ2v) is 7.97. The van der Waals surface area contributed by atoms with E-state index < -0.39 is 0 Å². The quantitative estimate of drug-likeness (QED) is 0.798. The first-order chi connectivity index (χ1) is 12.5. The smallest absolute Gasteiger partial charge is 0.161 e. The van der Waals surface area contributed by atoms with Gasteiger partial charge in [0.05, 0.1) is 0 Å². The molecule has 2 atom stereocenters.